The van der Waals surface area contributed by atoms with Crippen molar-refractivity contribution in [3.8, 4) is 0 Å². The Labute approximate surface area is 96.3 Å². The molecule has 0 amide bonds. The molecule has 0 aliphatic heterocycles. The molecule has 1 N–H and O–H groups in total. The molecule has 1 aliphatic rings. The molecule has 0 spiro atoms. The van der Waals surface area contributed by atoms with Crippen molar-refractivity contribution in [3.05, 3.63) is 35.4 Å². The van der Waals surface area contributed by atoms with E-state index in [9.17, 15) is 4.79 Å². The minimum absolute atomic E-state index is 0.154. The lowest BCUT2D eigenvalue weighted by atomic mass is 9.73. The van der Waals surface area contributed by atoms with Gasteiger partial charge in [0.15, 0.2) is 0 Å². The SMILES string of the molecule is CC(C)(CC(=O)O)C1CCc2ccccc21. The van der Waals surface area contributed by atoms with Gasteiger partial charge >= 0.3 is 5.97 Å². The number of carbonyl (C=O) groups is 1. The van der Waals surface area contributed by atoms with Crippen LogP contribution in [0, 0.1) is 5.41 Å². The molecule has 1 atom stereocenters. The van der Waals surface area contributed by atoms with Crippen molar-refractivity contribution in [3.63, 3.8) is 0 Å². The largest absolute Gasteiger partial charge is 0.481 e. The normalized spacial score (nSPS) is 19.5. The molecular weight excluding hydrogens is 200 g/mol. The van der Waals surface area contributed by atoms with Crippen LogP contribution in [0.3, 0.4) is 0 Å². The third-order valence-corrected chi connectivity index (χ3v) is 3.68. The molecular formula is C14H18O2. The minimum Gasteiger partial charge on any atom is -0.481 e. The van der Waals surface area contributed by atoms with Crippen LogP contribution in [-0.2, 0) is 11.2 Å². The van der Waals surface area contributed by atoms with Gasteiger partial charge in [-0.05, 0) is 35.3 Å². The van der Waals surface area contributed by atoms with Crippen molar-refractivity contribution >= 4 is 5.97 Å². The van der Waals surface area contributed by atoms with E-state index < -0.39 is 5.97 Å². The second kappa shape index (κ2) is 3.93. The maximum absolute atomic E-state index is 10.9. The van der Waals surface area contributed by atoms with Crippen molar-refractivity contribution in [1.29, 1.82) is 0 Å². The summed E-state index contributed by atoms with van der Waals surface area (Å²) in [7, 11) is 0. The van der Waals surface area contributed by atoms with E-state index in [0.29, 0.717) is 5.92 Å². The lowest BCUT2D eigenvalue weighted by Gasteiger charge is -2.30. The van der Waals surface area contributed by atoms with Crippen LogP contribution in [0.2, 0.25) is 0 Å². The summed E-state index contributed by atoms with van der Waals surface area (Å²) < 4.78 is 0. The first-order valence-electron chi connectivity index (χ1n) is 5.80. The fraction of sp³-hybridized carbons (Fsp3) is 0.500. The molecule has 2 nitrogen and oxygen atoms in total. The van der Waals surface area contributed by atoms with Crippen LogP contribution in [0.4, 0.5) is 0 Å². The van der Waals surface area contributed by atoms with Crippen molar-refractivity contribution in [2.24, 2.45) is 5.41 Å². The van der Waals surface area contributed by atoms with E-state index in [0.717, 1.165) is 12.8 Å². The van der Waals surface area contributed by atoms with E-state index in [-0.39, 0.29) is 11.8 Å². The van der Waals surface area contributed by atoms with Crippen LogP contribution in [0.1, 0.15) is 43.7 Å². The van der Waals surface area contributed by atoms with E-state index >= 15 is 0 Å². The average molecular weight is 218 g/mol. The Bertz CT molecular complexity index is 407. The number of hydrogen-bond donors (Lipinski definition) is 1. The van der Waals surface area contributed by atoms with Crippen LogP contribution < -0.4 is 0 Å². The molecule has 2 heteroatoms. The summed E-state index contributed by atoms with van der Waals surface area (Å²) in [4.78, 5) is 10.9. The molecule has 2 rings (SSSR count). The molecule has 1 aromatic carbocycles. The number of rotatable bonds is 3. The Hall–Kier alpha value is -1.31. The smallest absolute Gasteiger partial charge is 0.303 e. The fourth-order valence-corrected chi connectivity index (χ4v) is 2.88. The summed E-state index contributed by atoms with van der Waals surface area (Å²) in [5.41, 5.74) is 2.60. The van der Waals surface area contributed by atoms with E-state index in [2.05, 4.69) is 32.0 Å². The predicted molar refractivity (Wildman–Crippen MR) is 63.5 cm³/mol. The number of hydrogen-bond acceptors (Lipinski definition) is 1. The molecule has 0 heterocycles. The molecule has 1 aromatic rings. The van der Waals surface area contributed by atoms with Gasteiger partial charge in [-0.1, -0.05) is 38.1 Å². The molecule has 1 unspecified atom stereocenters. The first-order valence-corrected chi connectivity index (χ1v) is 5.80. The van der Waals surface area contributed by atoms with E-state index in [1.54, 1.807) is 0 Å². The van der Waals surface area contributed by atoms with Gasteiger partial charge in [-0.15, -0.1) is 0 Å². The molecule has 0 bridgehead atoms. The van der Waals surface area contributed by atoms with Crippen LogP contribution in [0.15, 0.2) is 24.3 Å². The van der Waals surface area contributed by atoms with Gasteiger partial charge in [-0.3, -0.25) is 4.79 Å². The summed E-state index contributed by atoms with van der Waals surface area (Å²) in [6.45, 7) is 4.13. The van der Waals surface area contributed by atoms with Gasteiger partial charge in [0.05, 0.1) is 6.42 Å². The van der Waals surface area contributed by atoms with Gasteiger partial charge in [0.1, 0.15) is 0 Å². The zero-order valence-corrected chi connectivity index (χ0v) is 9.86. The number of carboxylic acids is 1. The molecule has 0 saturated carbocycles. The van der Waals surface area contributed by atoms with Crippen LogP contribution in [0.25, 0.3) is 0 Å². The molecule has 0 saturated heterocycles. The molecule has 0 fully saturated rings. The second-order valence-electron chi connectivity index (χ2n) is 5.35. The highest BCUT2D eigenvalue weighted by Gasteiger charge is 2.36. The van der Waals surface area contributed by atoms with Gasteiger partial charge < -0.3 is 5.11 Å². The standard InChI is InChI=1S/C14H18O2/c1-14(2,9-13(15)16)12-8-7-10-5-3-4-6-11(10)12/h3-6,12H,7-9H2,1-2H3,(H,15,16). The van der Waals surface area contributed by atoms with Crippen molar-refractivity contribution in [2.75, 3.05) is 0 Å². The number of aryl methyl sites for hydroxylation is 1. The summed E-state index contributed by atoms with van der Waals surface area (Å²) >= 11 is 0. The fourth-order valence-electron chi connectivity index (χ4n) is 2.88. The molecule has 86 valence electrons. The zero-order valence-electron chi connectivity index (χ0n) is 9.86. The van der Waals surface area contributed by atoms with Gasteiger partial charge in [0, 0.05) is 0 Å². The number of aliphatic carboxylic acids is 1. The number of benzene rings is 1. The van der Waals surface area contributed by atoms with E-state index in [4.69, 9.17) is 5.11 Å². The Morgan fingerprint density at radius 2 is 2.12 bits per heavy atom. The average Bonchev–Trinajstić information content (AvgIpc) is 2.59. The summed E-state index contributed by atoms with van der Waals surface area (Å²) in [6, 6.07) is 8.42. The Morgan fingerprint density at radius 1 is 1.44 bits per heavy atom. The van der Waals surface area contributed by atoms with Gasteiger partial charge in [-0.2, -0.15) is 0 Å². The van der Waals surface area contributed by atoms with Crippen LogP contribution in [-0.4, -0.2) is 11.1 Å². The lowest BCUT2D eigenvalue weighted by molar-refractivity contribution is -0.139. The topological polar surface area (TPSA) is 37.3 Å². The second-order valence-corrected chi connectivity index (χ2v) is 5.35. The van der Waals surface area contributed by atoms with E-state index in [1.165, 1.54) is 11.1 Å². The molecule has 0 radical (unpaired) electrons. The third kappa shape index (κ3) is 1.97. The summed E-state index contributed by atoms with van der Waals surface area (Å²) in [5, 5.41) is 8.96. The summed E-state index contributed by atoms with van der Waals surface area (Å²) in [6.07, 6.45) is 2.41. The highest BCUT2D eigenvalue weighted by molar-refractivity contribution is 5.68. The van der Waals surface area contributed by atoms with Crippen LogP contribution in [0.5, 0.6) is 0 Å². The Balaban J connectivity index is 2.27. The van der Waals surface area contributed by atoms with Crippen molar-refractivity contribution < 1.29 is 9.90 Å². The highest BCUT2D eigenvalue weighted by Crippen LogP contribution is 2.46. The quantitative estimate of drug-likeness (QED) is 0.845. The highest BCUT2D eigenvalue weighted by atomic mass is 16.4. The first kappa shape index (κ1) is 11.2. The first-order chi connectivity index (χ1) is 7.50. The summed E-state index contributed by atoms with van der Waals surface area (Å²) in [5.74, 6) is -0.311. The maximum Gasteiger partial charge on any atom is 0.303 e. The van der Waals surface area contributed by atoms with Gasteiger partial charge in [-0.25, -0.2) is 0 Å². The number of fused-ring (bicyclic) bond motifs is 1. The van der Waals surface area contributed by atoms with Crippen molar-refractivity contribution in [1.82, 2.24) is 0 Å². The monoisotopic (exact) mass is 218 g/mol. The minimum atomic E-state index is -0.700. The third-order valence-electron chi connectivity index (χ3n) is 3.68. The Kier molecular flexibility index (Phi) is 2.75. The molecule has 16 heavy (non-hydrogen) atoms. The molecule has 1 aliphatic carbocycles. The van der Waals surface area contributed by atoms with E-state index in [1.807, 2.05) is 6.07 Å². The number of carboxylic acid groups (broad SMARTS) is 1. The van der Waals surface area contributed by atoms with Gasteiger partial charge in [0.2, 0.25) is 0 Å². The van der Waals surface area contributed by atoms with Crippen LogP contribution >= 0.6 is 0 Å². The Morgan fingerprint density at radius 3 is 2.81 bits per heavy atom. The molecule has 0 aromatic heterocycles. The lowest BCUT2D eigenvalue weighted by Crippen LogP contribution is -2.24. The zero-order chi connectivity index (χ0) is 11.8. The predicted octanol–water partition coefficient (Wildman–Crippen LogP) is 3.22. The maximum atomic E-state index is 10.9. The van der Waals surface area contributed by atoms with Crippen molar-refractivity contribution in [2.45, 2.75) is 39.0 Å². The van der Waals surface area contributed by atoms with Gasteiger partial charge in [0.25, 0.3) is 0 Å².